The van der Waals surface area contributed by atoms with E-state index in [1.54, 1.807) is 0 Å². The number of esters is 1. The predicted molar refractivity (Wildman–Crippen MR) is 59.0 cm³/mol. The van der Waals surface area contributed by atoms with Gasteiger partial charge in [0, 0.05) is 0 Å². The molecule has 6 nitrogen and oxygen atoms in total. The summed E-state index contributed by atoms with van der Waals surface area (Å²) in [6, 6.07) is -0.171. The van der Waals surface area contributed by atoms with E-state index < -0.39 is 0 Å². The fraction of sp³-hybridized carbons (Fsp3) is 0.727. The molecule has 1 fully saturated rings. The second kappa shape index (κ2) is 5.77. The molecule has 1 aromatic heterocycles. The summed E-state index contributed by atoms with van der Waals surface area (Å²) in [5.74, 6) is 0.396. The van der Waals surface area contributed by atoms with Crippen LogP contribution in [0.15, 0.2) is 10.9 Å². The third-order valence-corrected chi connectivity index (χ3v) is 2.92. The molecule has 6 heteroatoms. The topological polar surface area (TPSA) is 68.5 Å². The van der Waals surface area contributed by atoms with Crippen LogP contribution in [0.5, 0.6) is 0 Å². The van der Waals surface area contributed by atoms with E-state index in [0.29, 0.717) is 19.0 Å². The number of hydrogen-bond donors (Lipinski definition) is 0. The summed E-state index contributed by atoms with van der Waals surface area (Å²) in [5, 5.41) is 3.56. The Labute approximate surface area is 99.9 Å². The summed E-state index contributed by atoms with van der Waals surface area (Å²) in [7, 11) is 0. The molecule has 1 unspecified atom stereocenters. The molecule has 0 aliphatic carbocycles. The molecule has 17 heavy (non-hydrogen) atoms. The monoisotopic (exact) mass is 239 g/mol. The van der Waals surface area contributed by atoms with Crippen molar-refractivity contribution in [1.82, 2.24) is 15.0 Å². The first-order chi connectivity index (χ1) is 8.31. The lowest BCUT2D eigenvalue weighted by Crippen LogP contribution is -2.45. The Bertz CT molecular complexity index is 353. The summed E-state index contributed by atoms with van der Waals surface area (Å²) < 4.78 is 10.1. The smallest absolute Gasteiger partial charge is 0.323 e. The Hall–Kier alpha value is -1.43. The van der Waals surface area contributed by atoms with Crippen molar-refractivity contribution in [3.8, 4) is 0 Å². The lowest BCUT2D eigenvalue weighted by Gasteiger charge is -2.32. The molecule has 0 amide bonds. The van der Waals surface area contributed by atoms with Crippen LogP contribution in [0.25, 0.3) is 0 Å². The Morgan fingerprint density at radius 2 is 2.53 bits per heavy atom. The SMILES string of the molecule is CCOC(=O)C1CCCCN1Cc1ncno1. The van der Waals surface area contributed by atoms with Crippen LogP contribution in [-0.4, -0.2) is 40.2 Å². The molecule has 0 aromatic carbocycles. The van der Waals surface area contributed by atoms with E-state index in [9.17, 15) is 4.79 Å². The zero-order valence-electron chi connectivity index (χ0n) is 9.96. The highest BCUT2D eigenvalue weighted by Crippen LogP contribution is 2.20. The van der Waals surface area contributed by atoms with E-state index in [2.05, 4.69) is 15.0 Å². The van der Waals surface area contributed by atoms with Gasteiger partial charge in [0.1, 0.15) is 6.04 Å². The highest BCUT2D eigenvalue weighted by atomic mass is 16.5. The normalized spacial score (nSPS) is 21.4. The molecule has 1 aromatic rings. The maximum Gasteiger partial charge on any atom is 0.323 e. The van der Waals surface area contributed by atoms with Gasteiger partial charge < -0.3 is 9.26 Å². The molecular formula is C11H17N3O3. The molecule has 0 saturated carbocycles. The zero-order valence-corrected chi connectivity index (χ0v) is 9.96. The third-order valence-electron chi connectivity index (χ3n) is 2.92. The molecular weight excluding hydrogens is 222 g/mol. The lowest BCUT2D eigenvalue weighted by molar-refractivity contribution is -0.151. The Kier molecular flexibility index (Phi) is 4.08. The molecule has 0 radical (unpaired) electrons. The largest absolute Gasteiger partial charge is 0.465 e. The molecule has 1 aliphatic heterocycles. The van der Waals surface area contributed by atoms with Gasteiger partial charge in [-0.3, -0.25) is 9.69 Å². The summed E-state index contributed by atoms with van der Waals surface area (Å²) in [5.41, 5.74) is 0. The predicted octanol–water partition coefficient (Wildman–Crippen LogP) is 0.987. The molecule has 0 bridgehead atoms. The first-order valence-corrected chi connectivity index (χ1v) is 5.97. The van der Waals surface area contributed by atoms with E-state index in [1.807, 2.05) is 6.92 Å². The van der Waals surface area contributed by atoms with Gasteiger partial charge in [-0.2, -0.15) is 4.98 Å². The molecule has 2 rings (SSSR count). The van der Waals surface area contributed by atoms with Crippen LogP contribution < -0.4 is 0 Å². The van der Waals surface area contributed by atoms with Gasteiger partial charge in [-0.1, -0.05) is 11.6 Å². The summed E-state index contributed by atoms with van der Waals surface area (Å²) >= 11 is 0. The van der Waals surface area contributed by atoms with E-state index in [4.69, 9.17) is 9.26 Å². The van der Waals surface area contributed by atoms with Crippen LogP contribution in [0.3, 0.4) is 0 Å². The number of piperidine rings is 1. The average Bonchev–Trinajstić information content (AvgIpc) is 2.83. The molecule has 1 saturated heterocycles. The van der Waals surface area contributed by atoms with Crippen LogP contribution in [0.1, 0.15) is 32.1 Å². The quantitative estimate of drug-likeness (QED) is 0.730. The fourth-order valence-corrected chi connectivity index (χ4v) is 2.12. The molecule has 0 spiro atoms. The maximum atomic E-state index is 11.8. The van der Waals surface area contributed by atoms with Crippen molar-refractivity contribution in [2.45, 2.75) is 38.8 Å². The van der Waals surface area contributed by atoms with Gasteiger partial charge in [0.15, 0.2) is 6.33 Å². The second-order valence-electron chi connectivity index (χ2n) is 4.07. The Morgan fingerprint density at radius 1 is 1.65 bits per heavy atom. The molecule has 1 atom stereocenters. The second-order valence-corrected chi connectivity index (χ2v) is 4.07. The fourth-order valence-electron chi connectivity index (χ4n) is 2.12. The van der Waals surface area contributed by atoms with Crippen LogP contribution in [0, 0.1) is 0 Å². The van der Waals surface area contributed by atoms with Crippen molar-refractivity contribution in [2.75, 3.05) is 13.2 Å². The number of carbonyl (C=O) groups excluding carboxylic acids is 1. The Morgan fingerprint density at radius 3 is 3.24 bits per heavy atom. The lowest BCUT2D eigenvalue weighted by atomic mass is 10.0. The summed E-state index contributed by atoms with van der Waals surface area (Å²) in [6.45, 7) is 3.63. The summed E-state index contributed by atoms with van der Waals surface area (Å²) in [4.78, 5) is 17.8. The van der Waals surface area contributed by atoms with Gasteiger partial charge in [0.25, 0.3) is 0 Å². The van der Waals surface area contributed by atoms with Crippen LogP contribution >= 0.6 is 0 Å². The molecule has 1 aliphatic rings. The zero-order chi connectivity index (χ0) is 12.1. The van der Waals surface area contributed by atoms with Crippen molar-refractivity contribution < 1.29 is 14.1 Å². The van der Waals surface area contributed by atoms with Crippen molar-refractivity contribution in [3.63, 3.8) is 0 Å². The van der Waals surface area contributed by atoms with Crippen molar-refractivity contribution in [1.29, 1.82) is 0 Å². The van der Waals surface area contributed by atoms with Crippen LogP contribution in [0.2, 0.25) is 0 Å². The van der Waals surface area contributed by atoms with Gasteiger partial charge in [-0.05, 0) is 26.3 Å². The number of nitrogens with zero attached hydrogens (tertiary/aromatic N) is 3. The third kappa shape index (κ3) is 3.03. The van der Waals surface area contributed by atoms with E-state index in [1.165, 1.54) is 6.33 Å². The van der Waals surface area contributed by atoms with Crippen molar-refractivity contribution >= 4 is 5.97 Å². The van der Waals surface area contributed by atoms with E-state index in [0.717, 1.165) is 25.8 Å². The molecule has 94 valence electrons. The first kappa shape index (κ1) is 12.0. The van der Waals surface area contributed by atoms with Gasteiger partial charge >= 0.3 is 5.97 Å². The van der Waals surface area contributed by atoms with E-state index >= 15 is 0 Å². The van der Waals surface area contributed by atoms with Gasteiger partial charge in [-0.25, -0.2) is 0 Å². The maximum absolute atomic E-state index is 11.8. The average molecular weight is 239 g/mol. The highest BCUT2D eigenvalue weighted by molar-refractivity contribution is 5.75. The number of likely N-dealkylation sites (tertiary alicyclic amines) is 1. The molecule has 0 N–H and O–H groups in total. The van der Waals surface area contributed by atoms with Crippen molar-refractivity contribution in [3.05, 3.63) is 12.2 Å². The summed E-state index contributed by atoms with van der Waals surface area (Å²) in [6.07, 6.45) is 4.36. The number of rotatable bonds is 4. The van der Waals surface area contributed by atoms with Gasteiger partial charge in [0.05, 0.1) is 13.2 Å². The van der Waals surface area contributed by atoms with Crippen LogP contribution in [0.4, 0.5) is 0 Å². The Balaban J connectivity index is 1.99. The minimum absolute atomic E-state index is 0.147. The van der Waals surface area contributed by atoms with Gasteiger partial charge in [0.2, 0.25) is 5.89 Å². The number of carbonyl (C=O) groups is 1. The van der Waals surface area contributed by atoms with Crippen molar-refractivity contribution in [2.24, 2.45) is 0 Å². The van der Waals surface area contributed by atoms with Gasteiger partial charge in [-0.15, -0.1) is 0 Å². The highest BCUT2D eigenvalue weighted by Gasteiger charge is 2.30. The van der Waals surface area contributed by atoms with E-state index in [-0.39, 0.29) is 12.0 Å². The van der Waals surface area contributed by atoms with Crippen LogP contribution in [-0.2, 0) is 16.1 Å². The first-order valence-electron chi connectivity index (χ1n) is 5.97. The number of hydrogen-bond acceptors (Lipinski definition) is 6. The number of aromatic nitrogens is 2. The minimum Gasteiger partial charge on any atom is -0.465 e. The number of ether oxygens (including phenoxy) is 1. The standard InChI is InChI=1S/C11H17N3O3/c1-2-16-11(15)9-5-3-4-6-14(9)7-10-12-8-13-17-10/h8-9H,2-7H2,1H3. The molecule has 2 heterocycles. The minimum atomic E-state index is -0.171.